The van der Waals surface area contributed by atoms with E-state index >= 15 is 0 Å². The Morgan fingerprint density at radius 1 is 1.06 bits per heavy atom. The molecule has 0 N–H and O–H groups in total. The van der Waals surface area contributed by atoms with Crippen LogP contribution in [0, 0.1) is 0 Å². The van der Waals surface area contributed by atoms with Gasteiger partial charge in [-0.2, -0.15) is 17.5 Å². The first-order valence-corrected chi connectivity index (χ1v) is 16.1. The molecule has 0 aliphatic carbocycles. The summed E-state index contributed by atoms with van der Waals surface area (Å²) in [5.74, 6) is 0. The molecule has 0 aliphatic heterocycles. The topological polar surface area (TPSA) is 0 Å². The van der Waals surface area contributed by atoms with E-state index in [0.717, 1.165) is 8.58 Å². The third-order valence-corrected chi connectivity index (χ3v) is 1.55. The van der Waals surface area contributed by atoms with Gasteiger partial charge in [0.1, 0.15) is 0 Å². The summed E-state index contributed by atoms with van der Waals surface area (Å²) in [5, 5.41) is 2.66. The second-order valence-electron chi connectivity index (χ2n) is 2.87. The summed E-state index contributed by atoms with van der Waals surface area (Å²) < 4.78 is 0. The van der Waals surface area contributed by atoms with E-state index in [1.807, 2.05) is 0 Å². The molecule has 89 valence electrons. The number of rotatable bonds is 0. The van der Waals surface area contributed by atoms with Crippen molar-refractivity contribution in [2.24, 2.45) is 0 Å². The van der Waals surface area contributed by atoms with Crippen molar-refractivity contribution in [1.29, 1.82) is 0 Å². The predicted octanol–water partition coefficient (Wildman–Crippen LogP) is 5.55. The van der Waals surface area contributed by atoms with Crippen molar-refractivity contribution >= 4 is 44.9 Å². The van der Waals surface area contributed by atoms with E-state index in [4.69, 9.17) is 25.5 Å². The van der Waals surface area contributed by atoms with Crippen LogP contribution in [0.25, 0.3) is 10.8 Å². The van der Waals surface area contributed by atoms with Crippen molar-refractivity contribution in [1.82, 2.24) is 0 Å². The van der Waals surface area contributed by atoms with Gasteiger partial charge in [-0.15, -0.1) is 38.2 Å². The maximum Gasteiger partial charge on any atom is -0.0809 e. The molecule has 0 saturated heterocycles. The molecule has 2 rings (SSSR count). The standard InChI is InChI=1S/C9H7.C2H7P.3ClH.Zr/c1-2-5-9-7-3-6-8(9)4-1;1-3-2;;;;/h1-7H;3H,1-2H3;3*1H;/q-1;;;;;+3/p-3. The van der Waals surface area contributed by atoms with Crippen molar-refractivity contribution in [3.63, 3.8) is 0 Å². The predicted molar refractivity (Wildman–Crippen MR) is 77.3 cm³/mol. The van der Waals surface area contributed by atoms with Crippen molar-refractivity contribution in [2.45, 2.75) is 0 Å². The van der Waals surface area contributed by atoms with E-state index < -0.39 is 18.2 Å². The smallest absolute Gasteiger partial charge is 0.0809 e. The Bertz CT molecular complexity index is 343. The van der Waals surface area contributed by atoms with E-state index in [1.165, 1.54) is 10.8 Å². The fourth-order valence-corrected chi connectivity index (χ4v) is 1.07. The second-order valence-corrected chi connectivity index (χ2v) is 15.1. The van der Waals surface area contributed by atoms with Crippen molar-refractivity contribution in [2.75, 3.05) is 13.3 Å². The molecular weight excluding hydrogens is 361 g/mol. The minimum absolute atomic E-state index is 1.08. The van der Waals surface area contributed by atoms with Crippen LogP contribution in [0.1, 0.15) is 0 Å². The number of fused-ring (bicyclic) bond motifs is 1. The van der Waals surface area contributed by atoms with Gasteiger partial charge in [0.15, 0.2) is 0 Å². The molecule has 2 aromatic carbocycles. The maximum atomic E-state index is 5.00. The summed E-state index contributed by atoms with van der Waals surface area (Å²) in [5.41, 5.74) is 0. The summed E-state index contributed by atoms with van der Waals surface area (Å²) in [6.07, 6.45) is 0. The van der Waals surface area contributed by atoms with Gasteiger partial charge in [0.2, 0.25) is 0 Å². The van der Waals surface area contributed by atoms with E-state index in [1.54, 1.807) is 0 Å². The average Bonchev–Trinajstić information content (AvgIpc) is 2.65. The summed E-state index contributed by atoms with van der Waals surface area (Å²) in [4.78, 5) is 0. The SMILES string of the molecule is CPC.[Cl][Zr]([Cl])[Cl].c1ccc2[cH-]ccc2c1. The molecular formula is C11H14Cl3PZr-. The van der Waals surface area contributed by atoms with E-state index in [2.05, 4.69) is 55.8 Å². The molecule has 0 nitrogen and oxygen atoms in total. The number of hydrogen-bond donors (Lipinski definition) is 0. The molecule has 0 atom stereocenters. The molecule has 0 aromatic heterocycles. The Morgan fingerprint density at radius 2 is 1.56 bits per heavy atom. The normalized spacial score (nSPS) is 8.56. The molecule has 0 bridgehead atoms. The van der Waals surface area contributed by atoms with Gasteiger partial charge in [0, 0.05) is 0 Å². The van der Waals surface area contributed by atoms with E-state index in [0.29, 0.717) is 0 Å². The quantitative estimate of drug-likeness (QED) is 0.419. The Morgan fingerprint density at radius 3 is 2.06 bits per heavy atom. The van der Waals surface area contributed by atoms with Crippen LogP contribution in [-0.4, -0.2) is 13.3 Å². The van der Waals surface area contributed by atoms with Crippen molar-refractivity contribution < 1.29 is 18.2 Å². The zero-order valence-electron chi connectivity index (χ0n) is 9.18. The molecule has 0 fully saturated rings. The van der Waals surface area contributed by atoms with E-state index in [-0.39, 0.29) is 0 Å². The van der Waals surface area contributed by atoms with Gasteiger partial charge in [-0.05, 0) is 13.3 Å². The van der Waals surface area contributed by atoms with Gasteiger partial charge in [-0.3, -0.25) is 0 Å². The minimum atomic E-state index is -2.13. The van der Waals surface area contributed by atoms with Gasteiger partial charge in [-0.25, -0.2) is 0 Å². The van der Waals surface area contributed by atoms with Gasteiger partial charge in [-0.1, -0.05) is 6.07 Å². The molecule has 0 unspecified atom stereocenters. The first kappa shape index (κ1) is 17.0. The van der Waals surface area contributed by atoms with Crippen LogP contribution in [0.2, 0.25) is 0 Å². The Balaban J connectivity index is 0.000000275. The molecule has 0 spiro atoms. The monoisotopic (exact) mass is 372 g/mol. The van der Waals surface area contributed by atoms with Crippen LogP contribution in [-0.2, 0) is 18.2 Å². The third kappa shape index (κ3) is 9.09. The molecule has 5 heteroatoms. The van der Waals surface area contributed by atoms with Crippen LogP contribution >= 0.6 is 34.1 Å². The first-order chi connectivity index (χ1) is 7.61. The van der Waals surface area contributed by atoms with Crippen molar-refractivity contribution in [3.05, 3.63) is 42.5 Å². The van der Waals surface area contributed by atoms with Crippen molar-refractivity contribution in [3.8, 4) is 0 Å². The Kier molecular flexibility index (Phi) is 11.8. The number of benzene rings is 1. The first-order valence-electron chi connectivity index (χ1n) is 4.64. The van der Waals surface area contributed by atoms with Gasteiger partial charge in [0.05, 0.1) is 0 Å². The number of halogens is 3. The summed E-state index contributed by atoms with van der Waals surface area (Å²) in [7, 11) is 16.1. The Hall–Kier alpha value is 1.01. The third-order valence-electron chi connectivity index (χ3n) is 1.55. The Labute approximate surface area is 118 Å². The van der Waals surface area contributed by atoms with Gasteiger partial charge in [0.25, 0.3) is 0 Å². The fraction of sp³-hybridized carbons (Fsp3) is 0.182. The zero-order chi connectivity index (χ0) is 12.4. The van der Waals surface area contributed by atoms with Crippen LogP contribution in [0.4, 0.5) is 0 Å². The second kappa shape index (κ2) is 11.1. The van der Waals surface area contributed by atoms with Crippen LogP contribution < -0.4 is 0 Å². The largest absolute Gasteiger partial charge is 0.168 e. The summed E-state index contributed by atoms with van der Waals surface area (Å²) in [6, 6.07) is 14.7. The molecule has 0 heterocycles. The fourth-order valence-electron chi connectivity index (χ4n) is 1.07. The zero-order valence-corrected chi connectivity index (χ0v) is 14.9. The minimum Gasteiger partial charge on any atom is -0.168 e. The molecule has 0 aliphatic rings. The molecule has 0 saturated carbocycles. The number of hydrogen-bond acceptors (Lipinski definition) is 0. The van der Waals surface area contributed by atoms with Crippen LogP contribution in [0.15, 0.2) is 42.5 Å². The van der Waals surface area contributed by atoms with E-state index in [9.17, 15) is 0 Å². The van der Waals surface area contributed by atoms with Gasteiger partial charge >= 0.3 is 43.7 Å². The van der Waals surface area contributed by atoms with Gasteiger partial charge < -0.3 is 0 Å². The average molecular weight is 375 g/mol. The molecule has 0 amide bonds. The maximum absolute atomic E-state index is 5.00. The van der Waals surface area contributed by atoms with Crippen LogP contribution in [0.5, 0.6) is 0 Å². The molecule has 16 heavy (non-hydrogen) atoms. The summed E-state index contributed by atoms with van der Waals surface area (Å²) in [6.45, 7) is 4.31. The molecule has 0 radical (unpaired) electrons. The summed E-state index contributed by atoms with van der Waals surface area (Å²) >= 11 is -2.13. The van der Waals surface area contributed by atoms with Crippen LogP contribution in [0.3, 0.4) is 0 Å². The molecule has 2 aromatic rings.